The summed E-state index contributed by atoms with van der Waals surface area (Å²) >= 11 is 0. The third kappa shape index (κ3) is 3.26. The molecule has 0 aliphatic heterocycles. The summed E-state index contributed by atoms with van der Waals surface area (Å²) in [4.78, 5) is 3.29. The molecule has 0 amide bonds. The Morgan fingerprint density at radius 2 is 1.72 bits per heavy atom. The number of rotatable bonds is 2. The van der Waals surface area contributed by atoms with Gasteiger partial charge in [-0.3, -0.25) is 0 Å². The summed E-state index contributed by atoms with van der Waals surface area (Å²) in [5, 5.41) is 8.48. The number of nitriles is 1. The van der Waals surface area contributed by atoms with Gasteiger partial charge in [-0.15, -0.1) is 0 Å². The molecule has 0 bridgehead atoms. The molecule has 98 valence electrons. The van der Waals surface area contributed by atoms with E-state index in [0.29, 0.717) is 0 Å². The van der Waals surface area contributed by atoms with Gasteiger partial charge in [0.2, 0.25) is 0 Å². The fraction of sp³-hybridized carbons (Fsp3) is 0.333. The van der Waals surface area contributed by atoms with E-state index in [1.165, 1.54) is 6.07 Å². The maximum absolute atomic E-state index is 12.2. The molecule has 0 saturated carbocycles. The van der Waals surface area contributed by atoms with Gasteiger partial charge in [0.05, 0.1) is 0 Å². The van der Waals surface area contributed by atoms with Crippen LogP contribution in [0.25, 0.3) is 0 Å². The molecule has 0 saturated heterocycles. The summed E-state index contributed by atoms with van der Waals surface area (Å²) in [6, 6.07) is 3.19. The van der Waals surface area contributed by atoms with E-state index in [4.69, 9.17) is 5.26 Å². The molecule has 18 heavy (non-hydrogen) atoms. The molecule has 0 unspecified atom stereocenters. The molecular formula is C9H4F6N2O. The topological polar surface area (TPSA) is 45.9 Å². The number of pyridine rings is 1. The van der Waals surface area contributed by atoms with Crippen molar-refractivity contribution in [3.8, 4) is 11.8 Å². The predicted octanol–water partition coefficient (Wildman–Crippen LogP) is 2.83. The van der Waals surface area contributed by atoms with Gasteiger partial charge in [-0.05, 0) is 12.1 Å². The highest BCUT2D eigenvalue weighted by atomic mass is 19.4. The first kappa shape index (κ1) is 14.1. The summed E-state index contributed by atoms with van der Waals surface area (Å²) in [6.45, 7) is 0. The van der Waals surface area contributed by atoms with E-state index in [2.05, 4.69) is 9.72 Å². The summed E-state index contributed by atoms with van der Waals surface area (Å²) in [7, 11) is 0. The summed E-state index contributed by atoms with van der Waals surface area (Å²) in [5.74, 6) is -0.875. The zero-order chi connectivity index (χ0) is 14.0. The van der Waals surface area contributed by atoms with Gasteiger partial charge in [0, 0.05) is 6.20 Å². The van der Waals surface area contributed by atoms with Crippen LogP contribution in [0.4, 0.5) is 26.3 Å². The molecule has 1 rings (SSSR count). The summed E-state index contributed by atoms with van der Waals surface area (Å²) < 4.78 is 77.0. The molecular weight excluding hydrogens is 266 g/mol. The molecule has 0 N–H and O–H groups in total. The highest BCUT2D eigenvalue weighted by Gasteiger charge is 2.59. The van der Waals surface area contributed by atoms with Crippen molar-refractivity contribution in [2.45, 2.75) is 18.5 Å². The van der Waals surface area contributed by atoms with E-state index >= 15 is 0 Å². The van der Waals surface area contributed by atoms with Gasteiger partial charge < -0.3 is 4.74 Å². The minimum absolute atomic E-state index is 0.656. The van der Waals surface area contributed by atoms with Crippen LogP contribution in [-0.4, -0.2) is 23.4 Å². The normalized spacial score (nSPS) is 12.3. The van der Waals surface area contributed by atoms with Crippen molar-refractivity contribution in [2.24, 2.45) is 0 Å². The second-order valence-electron chi connectivity index (χ2n) is 3.04. The number of hydrogen-bond donors (Lipinski definition) is 0. The number of ether oxygens (including phenoxy) is 1. The fourth-order valence-corrected chi connectivity index (χ4v) is 1.02. The molecule has 0 radical (unpaired) electrons. The van der Waals surface area contributed by atoms with Crippen molar-refractivity contribution in [1.82, 2.24) is 4.98 Å². The lowest BCUT2D eigenvalue weighted by Gasteiger charge is -2.23. The van der Waals surface area contributed by atoms with Gasteiger partial charge in [0.1, 0.15) is 6.07 Å². The number of nitrogens with zero attached hydrogens (tertiary/aromatic N) is 2. The molecule has 0 fully saturated rings. The monoisotopic (exact) mass is 270 g/mol. The third-order valence-corrected chi connectivity index (χ3v) is 1.72. The van der Waals surface area contributed by atoms with Gasteiger partial charge in [-0.1, -0.05) is 0 Å². The number of aromatic nitrogens is 1. The van der Waals surface area contributed by atoms with Crippen LogP contribution in [0.2, 0.25) is 0 Å². The van der Waals surface area contributed by atoms with Crippen LogP contribution < -0.4 is 4.74 Å². The lowest BCUT2D eigenvalue weighted by atomic mass is 10.3. The number of alkyl halides is 6. The van der Waals surface area contributed by atoms with E-state index in [1.54, 1.807) is 0 Å². The smallest absolute Gasteiger partial charge is 0.434 e. The van der Waals surface area contributed by atoms with Gasteiger partial charge in [-0.2, -0.15) is 31.6 Å². The van der Waals surface area contributed by atoms with Crippen molar-refractivity contribution < 1.29 is 31.1 Å². The molecule has 1 heterocycles. The van der Waals surface area contributed by atoms with E-state index in [9.17, 15) is 26.3 Å². The quantitative estimate of drug-likeness (QED) is 0.776. The van der Waals surface area contributed by atoms with Crippen molar-refractivity contribution in [2.75, 3.05) is 0 Å². The Hall–Kier alpha value is -1.98. The molecule has 0 spiro atoms. The van der Waals surface area contributed by atoms with Gasteiger partial charge in [0.25, 0.3) is 6.10 Å². The minimum atomic E-state index is -5.64. The first-order valence-corrected chi connectivity index (χ1v) is 4.31. The van der Waals surface area contributed by atoms with E-state index in [1.807, 2.05) is 0 Å². The highest BCUT2D eigenvalue weighted by molar-refractivity contribution is 5.36. The number of hydrogen-bond acceptors (Lipinski definition) is 3. The zero-order valence-electron chi connectivity index (χ0n) is 8.38. The van der Waals surface area contributed by atoms with Crippen molar-refractivity contribution in [1.29, 1.82) is 5.26 Å². The van der Waals surface area contributed by atoms with Gasteiger partial charge >= 0.3 is 12.4 Å². The lowest BCUT2D eigenvalue weighted by molar-refractivity contribution is -0.299. The largest absolute Gasteiger partial charge is 0.468 e. The second kappa shape index (κ2) is 4.72. The molecule has 3 nitrogen and oxygen atoms in total. The van der Waals surface area contributed by atoms with Crippen LogP contribution in [0.15, 0.2) is 18.3 Å². The predicted molar refractivity (Wildman–Crippen MR) is 45.5 cm³/mol. The Morgan fingerprint density at radius 3 is 2.17 bits per heavy atom. The maximum Gasteiger partial charge on any atom is 0.434 e. The maximum atomic E-state index is 12.2. The Kier molecular flexibility index (Phi) is 3.69. The Labute approximate surface area is 96.6 Å². The fourth-order valence-electron chi connectivity index (χ4n) is 1.02. The van der Waals surface area contributed by atoms with Crippen LogP contribution in [0.3, 0.4) is 0 Å². The van der Waals surface area contributed by atoms with Crippen LogP contribution in [-0.2, 0) is 0 Å². The zero-order valence-corrected chi connectivity index (χ0v) is 8.38. The standard InChI is InChI=1S/C9H4F6N2O/c10-8(11,12)7(9(13,14)15)18-6-2-1-3-17-5(6)4-16/h1-3,7H. The third-order valence-electron chi connectivity index (χ3n) is 1.72. The highest BCUT2D eigenvalue weighted by Crippen LogP contribution is 2.36. The second-order valence-corrected chi connectivity index (χ2v) is 3.04. The average molecular weight is 270 g/mol. The molecule has 0 aliphatic rings. The van der Waals surface area contributed by atoms with Crippen LogP contribution in [0.1, 0.15) is 5.69 Å². The van der Waals surface area contributed by atoms with Crippen LogP contribution in [0.5, 0.6) is 5.75 Å². The average Bonchev–Trinajstić information content (AvgIpc) is 2.23. The molecule has 1 aromatic heterocycles. The Bertz CT molecular complexity index is 447. The molecule has 9 heteroatoms. The Morgan fingerprint density at radius 1 is 1.17 bits per heavy atom. The van der Waals surface area contributed by atoms with Crippen molar-refractivity contribution >= 4 is 0 Å². The van der Waals surface area contributed by atoms with Crippen molar-refractivity contribution in [3.63, 3.8) is 0 Å². The van der Waals surface area contributed by atoms with Crippen molar-refractivity contribution in [3.05, 3.63) is 24.0 Å². The first-order valence-electron chi connectivity index (χ1n) is 4.31. The number of halogens is 6. The minimum Gasteiger partial charge on any atom is -0.468 e. The van der Waals surface area contributed by atoms with E-state index in [-0.39, 0.29) is 0 Å². The van der Waals surface area contributed by atoms with Crippen LogP contribution >= 0.6 is 0 Å². The van der Waals surface area contributed by atoms with E-state index < -0.39 is 29.9 Å². The summed E-state index contributed by atoms with van der Waals surface area (Å²) in [6.07, 6.45) is -14.2. The van der Waals surface area contributed by atoms with E-state index in [0.717, 1.165) is 18.3 Å². The lowest BCUT2D eigenvalue weighted by Crippen LogP contribution is -2.46. The van der Waals surface area contributed by atoms with Gasteiger partial charge in [-0.25, -0.2) is 4.98 Å². The van der Waals surface area contributed by atoms with Gasteiger partial charge in [0.15, 0.2) is 11.4 Å². The first-order chi connectivity index (χ1) is 8.16. The summed E-state index contributed by atoms with van der Waals surface area (Å²) in [5.41, 5.74) is -0.656. The molecule has 1 aromatic rings. The van der Waals surface area contributed by atoms with Crippen LogP contribution in [0, 0.1) is 11.3 Å². The Balaban J connectivity index is 3.10. The molecule has 0 atom stereocenters. The molecule has 0 aromatic carbocycles. The molecule has 0 aliphatic carbocycles. The SMILES string of the molecule is N#Cc1ncccc1OC(C(F)(F)F)C(F)(F)F.